The summed E-state index contributed by atoms with van der Waals surface area (Å²) < 4.78 is 40.0. The minimum absolute atomic E-state index is 0.0759. The van der Waals surface area contributed by atoms with Crippen LogP contribution in [-0.4, -0.2) is 37.2 Å². The number of hydrogen-bond donors (Lipinski definition) is 1. The van der Waals surface area contributed by atoms with E-state index >= 15 is 0 Å². The Bertz CT molecular complexity index is 447. The fourth-order valence-electron chi connectivity index (χ4n) is 1.68. The third-order valence-electron chi connectivity index (χ3n) is 2.83. The molecule has 0 bridgehead atoms. The molecule has 1 aromatic carbocycles. The highest BCUT2D eigenvalue weighted by Gasteiger charge is 2.27. The lowest BCUT2D eigenvalue weighted by Gasteiger charge is -2.17. The van der Waals surface area contributed by atoms with Gasteiger partial charge >= 0.3 is 6.18 Å². The maximum Gasteiger partial charge on any atom is 0.411 e. The molecule has 1 amide bonds. The summed E-state index contributed by atoms with van der Waals surface area (Å²) in [4.78, 5) is 13.2. The minimum atomic E-state index is -4.36. The molecule has 0 aromatic heterocycles. The number of ether oxygens (including phenoxy) is 1. The summed E-state index contributed by atoms with van der Waals surface area (Å²) in [6.07, 6.45) is -4.44. The van der Waals surface area contributed by atoms with Crippen molar-refractivity contribution in [1.82, 2.24) is 4.90 Å². The van der Waals surface area contributed by atoms with Crippen molar-refractivity contribution in [2.75, 3.05) is 20.3 Å². The molecule has 0 aliphatic heterocycles. The highest BCUT2D eigenvalue weighted by atomic mass is 19.4. The Morgan fingerprint density at radius 1 is 1.24 bits per heavy atom. The summed E-state index contributed by atoms with van der Waals surface area (Å²) in [6, 6.07) is 7.48. The first kappa shape index (κ1) is 17.5. The Morgan fingerprint density at radius 2 is 1.81 bits per heavy atom. The molecule has 0 fully saturated rings. The van der Waals surface area contributed by atoms with Crippen molar-refractivity contribution in [2.45, 2.75) is 25.7 Å². The van der Waals surface area contributed by atoms with E-state index in [0.29, 0.717) is 13.1 Å². The van der Waals surface area contributed by atoms with Crippen LogP contribution in [0.15, 0.2) is 24.3 Å². The normalized spacial score (nSPS) is 11.5. The van der Waals surface area contributed by atoms with E-state index in [0.717, 1.165) is 11.1 Å². The fourth-order valence-corrected chi connectivity index (χ4v) is 1.68. The number of carbonyl (C=O) groups excluding carboxylic acids is 1. The lowest BCUT2D eigenvalue weighted by molar-refractivity contribution is -0.175. The second-order valence-electron chi connectivity index (χ2n) is 4.69. The smallest absolute Gasteiger partial charge is 0.372 e. The van der Waals surface area contributed by atoms with Crippen LogP contribution >= 0.6 is 0 Å². The summed E-state index contributed by atoms with van der Waals surface area (Å²) in [6.45, 7) is -0.728. The van der Waals surface area contributed by atoms with E-state index in [-0.39, 0.29) is 18.9 Å². The second-order valence-corrected chi connectivity index (χ2v) is 4.69. The molecule has 0 heterocycles. The molecule has 0 atom stereocenters. The number of benzene rings is 1. The summed E-state index contributed by atoms with van der Waals surface area (Å²) in [5.74, 6) is -0.264. The number of nitrogens with zero attached hydrogens (tertiary/aromatic N) is 1. The van der Waals surface area contributed by atoms with Gasteiger partial charge in [-0.15, -0.1) is 0 Å². The number of halogens is 3. The molecule has 118 valence electrons. The standard InChI is InChI=1S/C14H19F3N2O2/c1-19(9-12-4-2-11(8-18)3-5-12)13(20)6-7-21-10-14(15,16)17/h2-5H,6-10,18H2,1H3. The van der Waals surface area contributed by atoms with Crippen LogP contribution in [0, 0.1) is 0 Å². The minimum Gasteiger partial charge on any atom is -0.372 e. The first-order valence-corrected chi connectivity index (χ1v) is 6.48. The van der Waals surface area contributed by atoms with E-state index in [4.69, 9.17) is 5.73 Å². The van der Waals surface area contributed by atoms with Crippen molar-refractivity contribution in [3.63, 3.8) is 0 Å². The Labute approximate surface area is 121 Å². The molecule has 0 unspecified atom stereocenters. The van der Waals surface area contributed by atoms with Crippen molar-refractivity contribution in [1.29, 1.82) is 0 Å². The fraction of sp³-hybridized carbons (Fsp3) is 0.500. The van der Waals surface area contributed by atoms with Crippen molar-refractivity contribution in [2.24, 2.45) is 5.73 Å². The van der Waals surface area contributed by atoms with Crippen LogP contribution < -0.4 is 5.73 Å². The monoisotopic (exact) mass is 304 g/mol. The third-order valence-corrected chi connectivity index (χ3v) is 2.83. The van der Waals surface area contributed by atoms with E-state index in [2.05, 4.69) is 4.74 Å². The van der Waals surface area contributed by atoms with Crippen molar-refractivity contribution in [3.8, 4) is 0 Å². The Morgan fingerprint density at radius 3 is 2.33 bits per heavy atom. The van der Waals surface area contributed by atoms with Crippen molar-refractivity contribution in [3.05, 3.63) is 35.4 Å². The number of nitrogens with two attached hydrogens (primary N) is 1. The summed E-state index contributed by atoms with van der Waals surface area (Å²) in [5, 5.41) is 0. The van der Waals surface area contributed by atoms with Gasteiger partial charge in [0, 0.05) is 20.1 Å². The zero-order valence-corrected chi connectivity index (χ0v) is 11.8. The van der Waals surface area contributed by atoms with Gasteiger partial charge in [-0.1, -0.05) is 24.3 Å². The Hall–Kier alpha value is -1.60. The number of rotatable bonds is 7. The SMILES string of the molecule is CN(Cc1ccc(CN)cc1)C(=O)CCOCC(F)(F)F. The van der Waals surface area contributed by atoms with Gasteiger partial charge in [-0.25, -0.2) is 0 Å². The molecule has 1 aromatic rings. The van der Waals surface area contributed by atoms with E-state index in [1.807, 2.05) is 24.3 Å². The van der Waals surface area contributed by atoms with E-state index < -0.39 is 12.8 Å². The quantitative estimate of drug-likeness (QED) is 0.785. The second kappa shape index (κ2) is 7.99. The summed E-state index contributed by atoms with van der Waals surface area (Å²) >= 11 is 0. The van der Waals surface area contributed by atoms with Gasteiger partial charge in [0.05, 0.1) is 13.0 Å². The van der Waals surface area contributed by atoms with Gasteiger partial charge in [-0.05, 0) is 11.1 Å². The van der Waals surface area contributed by atoms with Crippen LogP contribution in [0.2, 0.25) is 0 Å². The number of hydrogen-bond acceptors (Lipinski definition) is 3. The summed E-state index contributed by atoms with van der Waals surface area (Å²) in [5.41, 5.74) is 7.41. The van der Waals surface area contributed by atoms with Gasteiger partial charge in [-0.3, -0.25) is 4.79 Å². The van der Waals surface area contributed by atoms with Crippen LogP contribution in [0.4, 0.5) is 13.2 Å². The largest absolute Gasteiger partial charge is 0.411 e. The van der Waals surface area contributed by atoms with Gasteiger partial charge in [-0.2, -0.15) is 13.2 Å². The van der Waals surface area contributed by atoms with Gasteiger partial charge in [0.1, 0.15) is 6.61 Å². The zero-order chi connectivity index (χ0) is 15.9. The predicted molar refractivity (Wildman–Crippen MR) is 72.3 cm³/mol. The van der Waals surface area contributed by atoms with Crippen LogP contribution in [0.5, 0.6) is 0 Å². The first-order chi connectivity index (χ1) is 9.81. The highest BCUT2D eigenvalue weighted by Crippen LogP contribution is 2.14. The van der Waals surface area contributed by atoms with Crippen LogP contribution in [-0.2, 0) is 22.6 Å². The number of carbonyl (C=O) groups is 1. The van der Waals surface area contributed by atoms with E-state index in [1.165, 1.54) is 4.90 Å². The van der Waals surface area contributed by atoms with Gasteiger partial charge < -0.3 is 15.4 Å². The van der Waals surface area contributed by atoms with Gasteiger partial charge in [0.2, 0.25) is 5.91 Å². The highest BCUT2D eigenvalue weighted by molar-refractivity contribution is 5.75. The molecule has 0 aliphatic rings. The molecule has 7 heteroatoms. The van der Waals surface area contributed by atoms with Crippen LogP contribution in [0.1, 0.15) is 17.5 Å². The lowest BCUT2D eigenvalue weighted by Crippen LogP contribution is -2.27. The predicted octanol–water partition coefficient (Wildman–Crippen LogP) is 2.07. The third kappa shape index (κ3) is 7.10. The molecular weight excluding hydrogens is 285 g/mol. The lowest BCUT2D eigenvalue weighted by atomic mass is 10.1. The molecule has 0 saturated heterocycles. The van der Waals surface area contributed by atoms with Crippen molar-refractivity contribution >= 4 is 5.91 Å². The molecule has 4 nitrogen and oxygen atoms in total. The maximum absolute atomic E-state index is 11.9. The molecule has 0 radical (unpaired) electrons. The van der Waals surface area contributed by atoms with Crippen LogP contribution in [0.25, 0.3) is 0 Å². The topological polar surface area (TPSA) is 55.6 Å². The summed E-state index contributed by atoms with van der Waals surface area (Å²) in [7, 11) is 1.60. The zero-order valence-electron chi connectivity index (χ0n) is 11.8. The van der Waals surface area contributed by atoms with E-state index in [9.17, 15) is 18.0 Å². The number of amides is 1. The Kier molecular flexibility index (Phi) is 6.64. The molecule has 21 heavy (non-hydrogen) atoms. The van der Waals surface area contributed by atoms with E-state index in [1.54, 1.807) is 7.05 Å². The molecule has 1 rings (SSSR count). The molecule has 0 spiro atoms. The average Bonchev–Trinajstić information content (AvgIpc) is 2.43. The maximum atomic E-state index is 11.9. The van der Waals surface area contributed by atoms with Crippen LogP contribution in [0.3, 0.4) is 0 Å². The molecule has 0 aliphatic carbocycles. The average molecular weight is 304 g/mol. The molecule has 2 N–H and O–H groups in total. The van der Waals surface area contributed by atoms with Gasteiger partial charge in [0.15, 0.2) is 0 Å². The van der Waals surface area contributed by atoms with Crippen molar-refractivity contribution < 1.29 is 22.7 Å². The Balaban J connectivity index is 2.33. The number of alkyl halides is 3. The van der Waals surface area contributed by atoms with Gasteiger partial charge in [0.25, 0.3) is 0 Å². The molecule has 0 saturated carbocycles. The molecular formula is C14H19F3N2O2. The first-order valence-electron chi connectivity index (χ1n) is 6.48.